The highest BCUT2D eigenvalue weighted by molar-refractivity contribution is 5.88. The Hall–Kier alpha value is -4.22. The first-order valence-corrected chi connectivity index (χ1v) is 11.1. The summed E-state index contributed by atoms with van der Waals surface area (Å²) in [4.78, 5) is 36.9. The smallest absolute Gasteiger partial charge is 0.433 e. The molecule has 0 spiro atoms. The number of aryl methyl sites for hydroxylation is 1. The number of amides is 1. The third kappa shape index (κ3) is 5.88. The minimum atomic E-state index is -4.57. The molecule has 1 aromatic carbocycles. The molecule has 1 aliphatic rings. The minimum Gasteiger partial charge on any atom is -0.480 e. The standard InChI is InChI=1S/C24H23F3N6O3/c1-14-9-16(11-17(10-14)31-23-28-7-6-19(32-23)24(25,26)27)15-4-5-20(29-12-15)33-8-2-3-18(33)22(36)30-13-21(34)35/h4-7,9-12,18H,2-3,8,13H2,1H3,(H,30,36)(H,34,35)(H,28,31,32)/t18-/m0/s1. The van der Waals surface area contributed by atoms with Crippen LogP contribution in [0.5, 0.6) is 0 Å². The fourth-order valence-electron chi connectivity index (χ4n) is 4.05. The molecule has 12 heteroatoms. The van der Waals surface area contributed by atoms with Crippen LogP contribution in [0.25, 0.3) is 11.1 Å². The van der Waals surface area contributed by atoms with Gasteiger partial charge in [0.05, 0.1) is 0 Å². The summed E-state index contributed by atoms with van der Waals surface area (Å²) in [5.41, 5.74) is 1.88. The molecular weight excluding hydrogens is 477 g/mol. The van der Waals surface area contributed by atoms with E-state index in [9.17, 15) is 22.8 Å². The fourth-order valence-corrected chi connectivity index (χ4v) is 4.05. The maximum absolute atomic E-state index is 13.0. The van der Waals surface area contributed by atoms with E-state index in [-0.39, 0.29) is 11.9 Å². The highest BCUT2D eigenvalue weighted by atomic mass is 19.4. The molecule has 3 heterocycles. The Morgan fingerprint density at radius 1 is 1.14 bits per heavy atom. The fraction of sp³-hybridized carbons (Fsp3) is 0.292. The Morgan fingerprint density at radius 3 is 2.64 bits per heavy atom. The summed E-state index contributed by atoms with van der Waals surface area (Å²) in [6, 6.07) is 9.36. The average Bonchev–Trinajstić information content (AvgIpc) is 3.32. The molecule has 1 atom stereocenters. The predicted octanol–water partition coefficient (Wildman–Crippen LogP) is 3.78. The molecule has 0 saturated carbocycles. The summed E-state index contributed by atoms with van der Waals surface area (Å²) in [6.07, 6.45) is -0.501. The number of nitrogens with one attached hydrogen (secondary N) is 2. The highest BCUT2D eigenvalue weighted by Gasteiger charge is 2.33. The van der Waals surface area contributed by atoms with Crippen molar-refractivity contribution in [3.05, 3.63) is 60.0 Å². The first-order chi connectivity index (χ1) is 17.1. The summed E-state index contributed by atoms with van der Waals surface area (Å²) in [6.45, 7) is 2.03. The van der Waals surface area contributed by atoms with Gasteiger partial charge in [0.2, 0.25) is 11.9 Å². The van der Waals surface area contributed by atoms with Gasteiger partial charge in [0, 0.05) is 30.2 Å². The third-order valence-corrected chi connectivity index (χ3v) is 5.62. The number of aliphatic carboxylic acids is 1. The van der Waals surface area contributed by atoms with E-state index in [4.69, 9.17) is 5.11 Å². The van der Waals surface area contributed by atoms with Crippen LogP contribution in [0.4, 0.5) is 30.6 Å². The quantitative estimate of drug-likeness (QED) is 0.448. The van der Waals surface area contributed by atoms with Crippen LogP contribution in [0.2, 0.25) is 0 Å². The van der Waals surface area contributed by atoms with Crippen LogP contribution >= 0.6 is 0 Å². The number of nitrogens with zero attached hydrogens (tertiary/aromatic N) is 4. The molecule has 36 heavy (non-hydrogen) atoms. The van der Waals surface area contributed by atoms with Crippen molar-refractivity contribution in [3.8, 4) is 11.1 Å². The number of halogens is 3. The van der Waals surface area contributed by atoms with Gasteiger partial charge in [0.15, 0.2) is 0 Å². The molecule has 1 saturated heterocycles. The van der Waals surface area contributed by atoms with Crippen LogP contribution in [0.3, 0.4) is 0 Å². The number of aromatic nitrogens is 3. The Bertz CT molecular complexity index is 1270. The van der Waals surface area contributed by atoms with E-state index in [2.05, 4.69) is 25.6 Å². The van der Waals surface area contributed by atoms with Gasteiger partial charge < -0.3 is 20.6 Å². The second-order valence-corrected chi connectivity index (χ2v) is 8.34. The molecule has 1 aliphatic heterocycles. The van der Waals surface area contributed by atoms with Crippen LogP contribution in [0.1, 0.15) is 24.1 Å². The Kier molecular flexibility index (Phi) is 7.04. The number of hydrogen-bond acceptors (Lipinski definition) is 7. The first kappa shape index (κ1) is 24.9. The number of carbonyl (C=O) groups is 2. The van der Waals surface area contributed by atoms with Crippen molar-refractivity contribution >= 4 is 29.3 Å². The molecule has 0 unspecified atom stereocenters. The lowest BCUT2D eigenvalue weighted by atomic mass is 10.0. The first-order valence-electron chi connectivity index (χ1n) is 11.1. The predicted molar refractivity (Wildman–Crippen MR) is 126 cm³/mol. The van der Waals surface area contributed by atoms with Crippen molar-refractivity contribution in [2.75, 3.05) is 23.3 Å². The van der Waals surface area contributed by atoms with Gasteiger partial charge in [0.1, 0.15) is 24.1 Å². The van der Waals surface area contributed by atoms with Crippen molar-refractivity contribution in [3.63, 3.8) is 0 Å². The van der Waals surface area contributed by atoms with Crippen LogP contribution in [-0.2, 0) is 15.8 Å². The number of pyridine rings is 1. The Balaban J connectivity index is 1.52. The zero-order valence-corrected chi connectivity index (χ0v) is 19.2. The molecule has 188 valence electrons. The summed E-state index contributed by atoms with van der Waals surface area (Å²) >= 11 is 0. The topological polar surface area (TPSA) is 120 Å². The average molecular weight is 500 g/mol. The van der Waals surface area contributed by atoms with E-state index in [1.54, 1.807) is 24.4 Å². The van der Waals surface area contributed by atoms with Gasteiger partial charge in [-0.15, -0.1) is 0 Å². The summed E-state index contributed by atoms with van der Waals surface area (Å²) in [5, 5.41) is 14.0. The van der Waals surface area contributed by atoms with Gasteiger partial charge in [0.25, 0.3) is 0 Å². The molecule has 0 bridgehead atoms. The zero-order valence-electron chi connectivity index (χ0n) is 19.2. The zero-order chi connectivity index (χ0) is 25.9. The maximum atomic E-state index is 13.0. The molecule has 0 aliphatic carbocycles. The minimum absolute atomic E-state index is 0.170. The molecule has 3 N–H and O–H groups in total. The second-order valence-electron chi connectivity index (χ2n) is 8.34. The van der Waals surface area contributed by atoms with E-state index in [1.165, 1.54) is 0 Å². The van der Waals surface area contributed by atoms with Crippen LogP contribution in [0, 0.1) is 6.92 Å². The number of rotatable bonds is 7. The van der Waals surface area contributed by atoms with Gasteiger partial charge in [-0.25, -0.2) is 15.0 Å². The van der Waals surface area contributed by atoms with Gasteiger partial charge in [-0.2, -0.15) is 13.2 Å². The number of carboxylic acid groups (broad SMARTS) is 1. The lowest BCUT2D eigenvalue weighted by Gasteiger charge is -2.24. The Morgan fingerprint density at radius 2 is 1.94 bits per heavy atom. The van der Waals surface area contributed by atoms with Gasteiger partial charge in [-0.3, -0.25) is 9.59 Å². The second kappa shape index (κ2) is 10.2. The van der Waals surface area contributed by atoms with Gasteiger partial charge in [-0.05, 0) is 61.2 Å². The number of carbonyl (C=O) groups excluding carboxylic acids is 1. The molecular formula is C24H23F3N6O3. The van der Waals surface area contributed by atoms with Crippen molar-refractivity contribution < 1.29 is 27.9 Å². The summed E-state index contributed by atoms with van der Waals surface area (Å²) in [5.74, 6) is -1.04. The lowest BCUT2D eigenvalue weighted by molar-refractivity contribution is -0.141. The van der Waals surface area contributed by atoms with Crippen molar-refractivity contribution in [2.45, 2.75) is 32.0 Å². The molecule has 0 radical (unpaired) electrons. The van der Waals surface area contributed by atoms with Crippen LogP contribution < -0.4 is 15.5 Å². The van der Waals surface area contributed by atoms with Crippen molar-refractivity contribution in [1.29, 1.82) is 0 Å². The van der Waals surface area contributed by atoms with Crippen molar-refractivity contribution in [2.24, 2.45) is 0 Å². The SMILES string of the molecule is Cc1cc(Nc2nccc(C(F)(F)F)n2)cc(-c2ccc(N3CCC[C@H]3C(=O)NCC(=O)O)nc2)c1. The number of benzene rings is 1. The third-order valence-electron chi connectivity index (χ3n) is 5.62. The number of anilines is 3. The van der Waals surface area contributed by atoms with Crippen LogP contribution in [0.15, 0.2) is 48.8 Å². The molecule has 1 fully saturated rings. The van der Waals surface area contributed by atoms with E-state index < -0.39 is 30.4 Å². The molecule has 4 rings (SSSR count). The van der Waals surface area contributed by atoms with Crippen LogP contribution in [-0.4, -0.2) is 51.1 Å². The van der Waals surface area contributed by atoms with E-state index in [0.29, 0.717) is 24.5 Å². The summed E-state index contributed by atoms with van der Waals surface area (Å²) in [7, 11) is 0. The number of alkyl halides is 3. The lowest BCUT2D eigenvalue weighted by Crippen LogP contribution is -2.45. The molecule has 3 aromatic rings. The van der Waals surface area contributed by atoms with Gasteiger partial charge in [-0.1, -0.05) is 6.07 Å². The van der Waals surface area contributed by atoms with E-state index >= 15 is 0 Å². The Labute approximate surface area is 204 Å². The molecule has 1 amide bonds. The molecule has 2 aromatic heterocycles. The summed E-state index contributed by atoms with van der Waals surface area (Å²) < 4.78 is 38.9. The number of carboxylic acids is 1. The van der Waals surface area contributed by atoms with E-state index in [0.717, 1.165) is 35.4 Å². The van der Waals surface area contributed by atoms with Gasteiger partial charge >= 0.3 is 12.1 Å². The highest BCUT2D eigenvalue weighted by Crippen LogP contribution is 2.30. The molecule has 9 nitrogen and oxygen atoms in total. The van der Waals surface area contributed by atoms with Crippen molar-refractivity contribution in [1.82, 2.24) is 20.3 Å². The normalized spacial score (nSPS) is 15.6. The number of hydrogen-bond donors (Lipinski definition) is 3. The monoisotopic (exact) mass is 500 g/mol. The maximum Gasteiger partial charge on any atom is 0.433 e. The van der Waals surface area contributed by atoms with E-state index in [1.807, 2.05) is 24.0 Å². The largest absolute Gasteiger partial charge is 0.480 e.